The van der Waals surface area contributed by atoms with Crippen LogP contribution in [-0.4, -0.2) is 72.3 Å². The van der Waals surface area contributed by atoms with Crippen LogP contribution in [0.3, 0.4) is 0 Å². The maximum absolute atomic E-state index is 13.4. The van der Waals surface area contributed by atoms with E-state index >= 15 is 0 Å². The Bertz CT molecular complexity index is 1390. The van der Waals surface area contributed by atoms with E-state index in [1.165, 1.54) is 78.4 Å². The molecule has 9 fully saturated rings. The first kappa shape index (κ1) is 36.0. The van der Waals surface area contributed by atoms with E-state index in [9.17, 15) is 19.2 Å². The predicted molar refractivity (Wildman–Crippen MR) is 191 cm³/mol. The van der Waals surface area contributed by atoms with Crippen molar-refractivity contribution in [2.24, 2.45) is 52.8 Å². The van der Waals surface area contributed by atoms with E-state index in [1.807, 2.05) is 32.9 Å². The molecule has 11 heteroatoms. The highest BCUT2D eigenvalue weighted by Gasteiger charge is 2.51. The van der Waals surface area contributed by atoms with Crippen molar-refractivity contribution in [1.29, 1.82) is 0 Å². The van der Waals surface area contributed by atoms with Crippen molar-refractivity contribution in [2.75, 3.05) is 14.2 Å². The summed E-state index contributed by atoms with van der Waals surface area (Å²) < 4.78 is 9.90. The third kappa shape index (κ3) is 7.73. The summed E-state index contributed by atoms with van der Waals surface area (Å²) in [5.41, 5.74) is 0.190. The van der Waals surface area contributed by atoms with E-state index in [0.717, 1.165) is 36.5 Å². The molecule has 280 valence electrons. The molecule has 51 heavy (non-hydrogen) atoms. The topological polar surface area (TPSA) is 139 Å². The first-order chi connectivity index (χ1) is 24.4. The van der Waals surface area contributed by atoms with Crippen LogP contribution in [0.15, 0.2) is 24.4 Å². The molecule has 10 rings (SSSR count). The number of rotatable bonds is 8. The normalized spacial score (nSPS) is 35.1. The molecule has 1 aromatic heterocycles. The Balaban J connectivity index is 0.000000163. The third-order valence-corrected chi connectivity index (χ3v) is 13.5. The molecule has 0 spiro atoms. The van der Waals surface area contributed by atoms with Crippen molar-refractivity contribution in [3.05, 3.63) is 30.1 Å². The second-order valence-corrected chi connectivity index (χ2v) is 18.1. The van der Waals surface area contributed by atoms with Crippen molar-refractivity contribution in [3.63, 3.8) is 0 Å². The molecule has 1 heterocycles. The Labute approximate surface area is 303 Å². The summed E-state index contributed by atoms with van der Waals surface area (Å²) in [5.74, 6) is 5.15. The monoisotopic (exact) mass is 705 g/mol. The fourth-order valence-corrected chi connectivity index (χ4v) is 11.5. The van der Waals surface area contributed by atoms with Crippen LogP contribution in [0.1, 0.15) is 110 Å². The van der Waals surface area contributed by atoms with Crippen molar-refractivity contribution >= 4 is 24.0 Å². The minimum absolute atomic E-state index is 0.0861. The van der Waals surface area contributed by atoms with E-state index in [1.54, 1.807) is 17.2 Å². The lowest BCUT2D eigenvalue weighted by Gasteiger charge is -2.54. The zero-order valence-electron chi connectivity index (χ0n) is 31.1. The molecular weight excluding hydrogens is 646 g/mol. The number of methoxy groups -OCH3 is 2. The molecule has 0 aliphatic heterocycles. The molecule has 11 nitrogen and oxygen atoms in total. The lowest BCUT2D eigenvalue weighted by atomic mass is 9.54. The van der Waals surface area contributed by atoms with Crippen molar-refractivity contribution in [2.45, 2.75) is 128 Å². The molecular formula is C40H59N5O6. The first-order valence-electron chi connectivity index (χ1n) is 19.6. The smallest absolute Gasteiger partial charge is 0.334 e. The zero-order valence-corrected chi connectivity index (χ0v) is 31.1. The highest BCUT2D eigenvalue weighted by molar-refractivity contribution is 5.85. The van der Waals surface area contributed by atoms with Gasteiger partial charge in [0, 0.05) is 24.3 Å². The Hall–Kier alpha value is -3.37. The first-order valence-corrected chi connectivity index (χ1v) is 19.6. The van der Waals surface area contributed by atoms with Crippen LogP contribution in [0.5, 0.6) is 0 Å². The van der Waals surface area contributed by atoms with Crippen molar-refractivity contribution in [3.8, 4) is 0 Å². The lowest BCUT2D eigenvalue weighted by Crippen LogP contribution is -2.60. The molecule has 4 amide bonds. The van der Waals surface area contributed by atoms with Gasteiger partial charge in [-0.1, -0.05) is 26.8 Å². The molecule has 0 radical (unpaired) electrons. The number of pyridine rings is 1. The maximum Gasteiger partial charge on any atom is 0.334 e. The maximum atomic E-state index is 13.4. The van der Waals surface area contributed by atoms with Crippen LogP contribution in [0, 0.1) is 52.8 Å². The van der Waals surface area contributed by atoms with Gasteiger partial charge in [0.15, 0.2) is 6.04 Å². The summed E-state index contributed by atoms with van der Waals surface area (Å²) in [5, 5.41) is 9.39. The Morgan fingerprint density at radius 1 is 0.725 bits per heavy atom. The number of carbonyl (C=O) groups is 4. The molecule has 3 N–H and O–H groups in total. The standard InChI is InChI=1S/C22H29N3O3.C18H30N2O3/c1-28-21(26)20(18-4-2-3-7-23-18)25(17-5-6-17)22(27)24-19-15-9-13-8-14(11-15)12-16(19)10-13;1-18(2,3)15(16(21)23-4)20-17(22)19-14-12-6-10-5-11(8-12)9-13(14)7-10/h2-4,7,13-17,19-20H,5-6,8-12H2,1H3,(H,24,27);10-15H,5-9H2,1-4H3,(H2,19,20,22)/t;10?,11?,12?,13?,14?,15-/m.1/s1. The quantitative estimate of drug-likeness (QED) is 0.283. The summed E-state index contributed by atoms with van der Waals surface area (Å²) in [6.45, 7) is 5.78. The molecule has 0 saturated heterocycles. The van der Waals surface area contributed by atoms with Gasteiger partial charge in [0.1, 0.15) is 6.04 Å². The van der Waals surface area contributed by atoms with E-state index in [2.05, 4.69) is 20.9 Å². The van der Waals surface area contributed by atoms with E-state index in [-0.39, 0.29) is 35.6 Å². The SMILES string of the molecule is COC(=O)C(c1ccccn1)N(C(=O)NC1C2CC3CC(C2)CC1C3)C1CC1.COC(=O)[C@@H](NC(=O)NC1C2CC3CC(C2)CC1C3)C(C)(C)C. The van der Waals surface area contributed by atoms with Crippen molar-refractivity contribution in [1.82, 2.24) is 25.8 Å². The van der Waals surface area contributed by atoms with E-state index in [0.29, 0.717) is 29.4 Å². The van der Waals surface area contributed by atoms with E-state index in [4.69, 9.17) is 9.47 Å². The van der Waals surface area contributed by atoms with Crippen LogP contribution in [0.2, 0.25) is 0 Å². The van der Waals surface area contributed by atoms with Gasteiger partial charge >= 0.3 is 24.0 Å². The van der Waals surface area contributed by atoms with Crippen LogP contribution < -0.4 is 16.0 Å². The molecule has 0 aromatic carbocycles. The van der Waals surface area contributed by atoms with Crippen LogP contribution in [0.25, 0.3) is 0 Å². The van der Waals surface area contributed by atoms with Crippen LogP contribution in [-0.2, 0) is 19.1 Å². The largest absolute Gasteiger partial charge is 0.467 e. The Morgan fingerprint density at radius 2 is 1.22 bits per heavy atom. The second kappa shape index (κ2) is 14.6. The lowest BCUT2D eigenvalue weighted by molar-refractivity contribution is -0.147. The predicted octanol–water partition coefficient (Wildman–Crippen LogP) is 5.99. The van der Waals surface area contributed by atoms with Gasteiger partial charge in [-0.3, -0.25) is 4.98 Å². The van der Waals surface area contributed by atoms with Crippen LogP contribution >= 0.6 is 0 Å². The summed E-state index contributed by atoms with van der Waals surface area (Å²) in [7, 11) is 2.73. The summed E-state index contributed by atoms with van der Waals surface area (Å²) in [4.78, 5) is 56.6. The number of amides is 4. The third-order valence-electron chi connectivity index (χ3n) is 13.5. The molecule has 1 unspecified atom stereocenters. The second-order valence-electron chi connectivity index (χ2n) is 18.1. The highest BCUT2D eigenvalue weighted by Crippen LogP contribution is 2.55. The van der Waals surface area contributed by atoms with Gasteiger partial charge in [0.2, 0.25) is 0 Å². The summed E-state index contributed by atoms with van der Waals surface area (Å²) in [6, 6.07) is 4.31. The molecule has 1 aromatic rings. The number of nitrogens with zero attached hydrogens (tertiary/aromatic N) is 2. The number of hydrogen-bond acceptors (Lipinski definition) is 7. The van der Waals surface area contributed by atoms with Gasteiger partial charge in [-0.25, -0.2) is 19.2 Å². The number of aromatic nitrogens is 1. The molecule has 2 atom stereocenters. The molecule has 9 aliphatic rings. The van der Waals surface area contributed by atoms with Gasteiger partial charge in [-0.05, 0) is 142 Å². The molecule has 8 bridgehead atoms. The minimum atomic E-state index is -0.782. The fraction of sp³-hybridized carbons (Fsp3) is 0.775. The van der Waals surface area contributed by atoms with Crippen LogP contribution in [0.4, 0.5) is 9.59 Å². The minimum Gasteiger partial charge on any atom is -0.467 e. The van der Waals surface area contributed by atoms with E-state index < -0.39 is 24.0 Å². The molecule has 9 saturated carbocycles. The number of carbonyl (C=O) groups excluding carboxylic acids is 4. The zero-order chi connectivity index (χ0) is 36.0. The van der Waals surface area contributed by atoms with Gasteiger partial charge in [-0.2, -0.15) is 0 Å². The fourth-order valence-electron chi connectivity index (χ4n) is 11.5. The number of hydrogen-bond donors (Lipinski definition) is 3. The summed E-state index contributed by atoms with van der Waals surface area (Å²) >= 11 is 0. The Morgan fingerprint density at radius 3 is 1.63 bits per heavy atom. The van der Waals surface area contributed by atoms with Gasteiger partial charge in [-0.15, -0.1) is 0 Å². The van der Waals surface area contributed by atoms with Gasteiger partial charge in [0.25, 0.3) is 0 Å². The van der Waals surface area contributed by atoms with Gasteiger partial charge in [0.05, 0.1) is 19.9 Å². The molecule has 9 aliphatic carbocycles. The summed E-state index contributed by atoms with van der Waals surface area (Å²) in [6.07, 6.45) is 16.4. The average molecular weight is 706 g/mol. The number of urea groups is 2. The highest BCUT2D eigenvalue weighted by atomic mass is 16.5. The average Bonchev–Trinajstić information content (AvgIpc) is 3.93. The van der Waals surface area contributed by atoms with Crippen molar-refractivity contribution < 1.29 is 28.7 Å². The number of esters is 2. The number of nitrogens with one attached hydrogen (secondary N) is 3. The van der Waals surface area contributed by atoms with Gasteiger partial charge < -0.3 is 30.3 Å². The number of ether oxygens (including phenoxy) is 2. The Kier molecular flexibility index (Phi) is 10.3.